The molecule has 2 amide bonds. The summed E-state index contributed by atoms with van der Waals surface area (Å²) in [6.07, 6.45) is -4.76. The van der Waals surface area contributed by atoms with Crippen molar-refractivity contribution in [3.63, 3.8) is 0 Å². The summed E-state index contributed by atoms with van der Waals surface area (Å²) in [4.78, 5) is 24.6. The molecule has 0 aromatic heterocycles. The number of halogens is 4. The highest BCUT2D eigenvalue weighted by Crippen LogP contribution is 2.34. The predicted molar refractivity (Wildman–Crippen MR) is 115 cm³/mol. The van der Waals surface area contributed by atoms with Gasteiger partial charge in [-0.15, -0.1) is 11.8 Å². The Kier molecular flexibility index (Phi) is 8.11. The van der Waals surface area contributed by atoms with Gasteiger partial charge in [0, 0.05) is 22.0 Å². The first-order valence-electron chi connectivity index (χ1n) is 8.70. The molecule has 0 saturated heterocycles. The Labute approximate surface area is 189 Å². The predicted octanol–water partition coefficient (Wildman–Crippen LogP) is 4.39. The van der Waals surface area contributed by atoms with Gasteiger partial charge in [0.05, 0.1) is 22.5 Å². The Morgan fingerprint density at radius 3 is 2.45 bits per heavy atom. The van der Waals surface area contributed by atoms with Gasteiger partial charge < -0.3 is 15.7 Å². The summed E-state index contributed by atoms with van der Waals surface area (Å²) in [5, 5.41) is 24.4. The second-order valence-corrected chi connectivity index (χ2v) is 8.21. The van der Waals surface area contributed by atoms with Crippen molar-refractivity contribution in [2.75, 3.05) is 21.7 Å². The Bertz CT molecular complexity index is 1020. The number of anilines is 2. The lowest BCUT2D eigenvalue weighted by molar-refractivity contribution is -0.137. The molecule has 0 fully saturated rings. The van der Waals surface area contributed by atoms with Gasteiger partial charge >= 0.3 is 6.18 Å². The summed E-state index contributed by atoms with van der Waals surface area (Å²) in [5.41, 5.74) is -3.31. The summed E-state index contributed by atoms with van der Waals surface area (Å²) in [6.45, 7) is 1.24. The minimum atomic E-state index is -4.76. The quantitative estimate of drug-likeness (QED) is 0.374. The Balaban J connectivity index is 2.08. The van der Waals surface area contributed by atoms with E-state index in [1.54, 1.807) is 24.3 Å². The molecule has 0 aliphatic rings. The van der Waals surface area contributed by atoms with Gasteiger partial charge in [-0.05, 0) is 43.3 Å². The molecular formula is C20H17BrF3N3O3S. The lowest BCUT2D eigenvalue weighted by atomic mass is 10.1. The summed E-state index contributed by atoms with van der Waals surface area (Å²) >= 11 is 4.17. The maximum Gasteiger partial charge on any atom is 0.417 e. The fourth-order valence-corrected chi connectivity index (χ4v) is 3.47. The van der Waals surface area contributed by atoms with E-state index in [0.29, 0.717) is 16.6 Å². The molecular weight excluding hydrogens is 499 g/mol. The van der Waals surface area contributed by atoms with Gasteiger partial charge in [-0.3, -0.25) is 9.59 Å². The van der Waals surface area contributed by atoms with E-state index in [1.165, 1.54) is 13.0 Å². The van der Waals surface area contributed by atoms with Crippen LogP contribution in [0.25, 0.3) is 0 Å². The Morgan fingerprint density at radius 1 is 1.16 bits per heavy atom. The number of benzene rings is 2. The van der Waals surface area contributed by atoms with Crippen LogP contribution >= 0.6 is 27.7 Å². The van der Waals surface area contributed by atoms with Crippen molar-refractivity contribution in [1.82, 2.24) is 0 Å². The molecule has 0 aliphatic heterocycles. The van der Waals surface area contributed by atoms with E-state index in [4.69, 9.17) is 5.26 Å². The Hall–Kier alpha value is -2.55. The van der Waals surface area contributed by atoms with Crippen LogP contribution in [0, 0.1) is 11.3 Å². The number of thioether (sulfide) groups is 1. The van der Waals surface area contributed by atoms with E-state index in [2.05, 4.69) is 26.6 Å². The molecule has 2 aromatic carbocycles. The molecule has 0 unspecified atom stereocenters. The number of aliphatic hydroxyl groups is 1. The maximum absolute atomic E-state index is 13.1. The number of carbonyl (C=O) groups excluding carboxylic acids is 2. The van der Waals surface area contributed by atoms with Gasteiger partial charge in [0.15, 0.2) is 0 Å². The van der Waals surface area contributed by atoms with Gasteiger partial charge in [-0.25, -0.2) is 0 Å². The SMILES string of the molecule is C[C@](O)(CSc1cccc(NC(=O)CBr)c1)C(=O)Nc1ccc(C#N)c(C(F)(F)F)c1. The standard InChI is InChI=1S/C20H17BrF3N3O3S/c1-19(30,11-31-15-4-2-3-13(7-15)26-17(28)9-21)18(29)27-14-6-5-12(10-25)16(8-14)20(22,23)24/h2-8,30H,9,11H2,1H3,(H,26,28)(H,27,29)/t19-/m0/s1. The van der Waals surface area contributed by atoms with Crippen molar-refractivity contribution in [2.45, 2.75) is 23.6 Å². The highest BCUT2D eigenvalue weighted by atomic mass is 79.9. The van der Waals surface area contributed by atoms with Crippen molar-refractivity contribution in [3.8, 4) is 6.07 Å². The lowest BCUT2D eigenvalue weighted by Crippen LogP contribution is -2.42. The minimum Gasteiger partial charge on any atom is -0.379 e. The van der Waals surface area contributed by atoms with Crippen LogP contribution in [0.5, 0.6) is 0 Å². The number of amides is 2. The summed E-state index contributed by atoms with van der Waals surface area (Å²) in [5.74, 6) is -1.24. The average molecular weight is 516 g/mol. The van der Waals surface area contributed by atoms with Crippen molar-refractivity contribution in [3.05, 3.63) is 53.6 Å². The third-order valence-electron chi connectivity index (χ3n) is 3.95. The number of nitrogens with zero attached hydrogens (tertiary/aromatic N) is 1. The smallest absolute Gasteiger partial charge is 0.379 e. The molecule has 2 rings (SSSR count). The van der Waals surface area contributed by atoms with Crippen LogP contribution in [-0.4, -0.2) is 33.6 Å². The molecule has 0 saturated carbocycles. The second kappa shape index (κ2) is 10.2. The van der Waals surface area contributed by atoms with E-state index in [0.717, 1.165) is 23.9 Å². The first kappa shape index (κ1) is 24.7. The van der Waals surface area contributed by atoms with E-state index in [9.17, 15) is 27.9 Å². The first-order chi connectivity index (χ1) is 14.5. The minimum absolute atomic E-state index is 0.100. The first-order valence-corrected chi connectivity index (χ1v) is 10.8. The zero-order valence-corrected chi connectivity index (χ0v) is 18.5. The monoisotopic (exact) mass is 515 g/mol. The topological polar surface area (TPSA) is 102 Å². The molecule has 3 N–H and O–H groups in total. The number of hydrogen-bond acceptors (Lipinski definition) is 5. The largest absolute Gasteiger partial charge is 0.417 e. The van der Waals surface area contributed by atoms with Gasteiger partial charge in [-0.2, -0.15) is 18.4 Å². The number of hydrogen-bond donors (Lipinski definition) is 3. The lowest BCUT2D eigenvalue weighted by Gasteiger charge is -2.22. The van der Waals surface area contributed by atoms with Crippen LogP contribution in [0.2, 0.25) is 0 Å². The molecule has 0 spiro atoms. The van der Waals surface area contributed by atoms with Crippen LogP contribution in [0.4, 0.5) is 24.5 Å². The summed E-state index contributed by atoms with van der Waals surface area (Å²) in [7, 11) is 0. The number of rotatable bonds is 7. The fourth-order valence-electron chi connectivity index (χ4n) is 2.37. The second-order valence-electron chi connectivity index (χ2n) is 6.60. The van der Waals surface area contributed by atoms with Crippen LogP contribution in [0.3, 0.4) is 0 Å². The van der Waals surface area contributed by atoms with Gasteiger partial charge in [-0.1, -0.05) is 22.0 Å². The van der Waals surface area contributed by atoms with Crippen LogP contribution in [0.1, 0.15) is 18.1 Å². The van der Waals surface area contributed by atoms with Crippen LogP contribution in [0.15, 0.2) is 47.4 Å². The Morgan fingerprint density at radius 2 is 1.84 bits per heavy atom. The van der Waals surface area contributed by atoms with Gasteiger partial charge in [0.25, 0.3) is 5.91 Å². The van der Waals surface area contributed by atoms with Crippen molar-refractivity contribution in [2.24, 2.45) is 0 Å². The zero-order valence-electron chi connectivity index (χ0n) is 16.1. The number of alkyl halides is 4. The molecule has 31 heavy (non-hydrogen) atoms. The van der Waals surface area contributed by atoms with Crippen molar-refractivity contribution < 1.29 is 27.9 Å². The molecule has 0 radical (unpaired) electrons. The van der Waals surface area contributed by atoms with E-state index in [-0.39, 0.29) is 22.7 Å². The van der Waals surface area contributed by atoms with Crippen molar-refractivity contribution in [1.29, 1.82) is 5.26 Å². The third kappa shape index (κ3) is 6.99. The van der Waals surface area contributed by atoms with Crippen LogP contribution < -0.4 is 10.6 Å². The highest BCUT2D eigenvalue weighted by Gasteiger charge is 2.35. The average Bonchev–Trinajstić information content (AvgIpc) is 2.71. The van der Waals surface area contributed by atoms with Gasteiger partial charge in [0.2, 0.25) is 5.91 Å². The normalized spacial score (nSPS) is 13.1. The molecule has 2 aromatic rings. The number of carbonyl (C=O) groups is 2. The number of nitrogens with one attached hydrogen (secondary N) is 2. The van der Waals surface area contributed by atoms with Gasteiger partial charge in [0.1, 0.15) is 5.60 Å². The third-order valence-corrected chi connectivity index (χ3v) is 5.75. The molecule has 0 aliphatic carbocycles. The molecule has 6 nitrogen and oxygen atoms in total. The van der Waals surface area contributed by atoms with E-state index < -0.39 is 28.8 Å². The molecule has 164 valence electrons. The zero-order chi connectivity index (χ0) is 23.2. The van der Waals surface area contributed by atoms with E-state index in [1.807, 2.05) is 0 Å². The molecule has 0 bridgehead atoms. The fraction of sp³-hybridized carbons (Fsp3) is 0.250. The maximum atomic E-state index is 13.1. The molecule has 1 atom stereocenters. The van der Waals surface area contributed by atoms with Crippen LogP contribution in [-0.2, 0) is 15.8 Å². The molecule has 0 heterocycles. The summed E-state index contributed by atoms with van der Waals surface area (Å²) in [6, 6.07) is 11.0. The highest BCUT2D eigenvalue weighted by molar-refractivity contribution is 9.09. The molecule has 11 heteroatoms. The van der Waals surface area contributed by atoms with E-state index >= 15 is 0 Å². The number of nitriles is 1. The van der Waals surface area contributed by atoms with Crippen molar-refractivity contribution >= 4 is 50.9 Å². The summed E-state index contributed by atoms with van der Waals surface area (Å²) < 4.78 is 39.3.